The van der Waals surface area contributed by atoms with Gasteiger partial charge in [0.2, 0.25) is 18.6 Å². The number of aromatic amines is 2. The van der Waals surface area contributed by atoms with Crippen LogP contribution in [0.15, 0.2) is 60.5 Å². The molecule has 63 heavy (non-hydrogen) atoms. The molecule has 6 heterocycles. The molecule has 328 valence electrons. The lowest BCUT2D eigenvalue weighted by molar-refractivity contribution is -0.143. The van der Waals surface area contributed by atoms with Gasteiger partial charge >= 0.3 is 6.09 Å². The van der Waals surface area contributed by atoms with E-state index < -0.39 is 12.1 Å². The number of amides is 3. The molecule has 1 saturated heterocycles. The van der Waals surface area contributed by atoms with Crippen LogP contribution < -0.4 is 33.7 Å². The Morgan fingerprint density at radius 3 is 2.49 bits per heavy atom. The van der Waals surface area contributed by atoms with Gasteiger partial charge in [-0.1, -0.05) is 12.8 Å². The summed E-state index contributed by atoms with van der Waals surface area (Å²) in [6, 6.07) is 8.24. The number of nitrogens with one attached hydrogen (secondary N) is 3. The number of hydrogen-bond donors (Lipinski definition) is 3. The third kappa shape index (κ3) is 7.93. The molecule has 18 heteroatoms. The molecule has 5 aromatic rings. The number of carbonyl (C=O) groups is 3. The number of likely N-dealkylation sites (tertiary alicyclic amines) is 1. The maximum atomic E-state index is 14.3. The Morgan fingerprint density at radius 2 is 1.71 bits per heavy atom. The zero-order valence-electron chi connectivity index (χ0n) is 35.1. The average Bonchev–Trinajstić information content (AvgIpc) is 3.60. The molecule has 2 aromatic carbocycles. The van der Waals surface area contributed by atoms with Gasteiger partial charge in [0.15, 0.2) is 28.7 Å². The van der Waals surface area contributed by atoms with Crippen molar-refractivity contribution in [2.75, 3.05) is 40.7 Å². The minimum absolute atomic E-state index is 0.0212. The maximum absolute atomic E-state index is 14.3. The number of nitrogens with zero attached hydrogens (tertiary/aromatic N) is 6. The maximum Gasteiger partial charge on any atom is 0.413 e. The Kier molecular flexibility index (Phi) is 10.9. The van der Waals surface area contributed by atoms with Crippen LogP contribution in [0.3, 0.4) is 0 Å². The quantitative estimate of drug-likeness (QED) is 0.132. The predicted octanol–water partition coefficient (Wildman–Crippen LogP) is 5.63. The van der Waals surface area contributed by atoms with Gasteiger partial charge in [-0.15, -0.1) is 0 Å². The van der Waals surface area contributed by atoms with Gasteiger partial charge in [0.25, 0.3) is 0 Å². The van der Waals surface area contributed by atoms with Crippen molar-refractivity contribution in [3.63, 3.8) is 0 Å². The first-order valence-electron chi connectivity index (χ1n) is 21.6. The molecule has 0 spiro atoms. The van der Waals surface area contributed by atoms with Gasteiger partial charge in [0.1, 0.15) is 29.3 Å². The number of aromatic nitrogens is 5. The number of methoxy groups -OCH3 is 2. The van der Waals surface area contributed by atoms with Gasteiger partial charge in [-0.3, -0.25) is 9.59 Å². The van der Waals surface area contributed by atoms with Gasteiger partial charge in [-0.2, -0.15) is 5.10 Å². The van der Waals surface area contributed by atoms with Crippen molar-refractivity contribution in [2.45, 2.75) is 69.9 Å². The van der Waals surface area contributed by atoms with E-state index in [1.807, 2.05) is 30.3 Å². The summed E-state index contributed by atoms with van der Waals surface area (Å²) in [5, 5.41) is 9.56. The summed E-state index contributed by atoms with van der Waals surface area (Å²) in [6.07, 6.45) is 12.4. The molecule has 10 rings (SSSR count). The van der Waals surface area contributed by atoms with Crippen LogP contribution in [0.4, 0.5) is 4.79 Å². The number of rotatable bonds is 13. The summed E-state index contributed by atoms with van der Waals surface area (Å²) in [5.41, 5.74) is 4.32. The fraction of sp³-hybridized carbons (Fsp3) is 0.444. The van der Waals surface area contributed by atoms with Crippen LogP contribution in [0.5, 0.6) is 34.5 Å². The van der Waals surface area contributed by atoms with E-state index in [0.717, 1.165) is 49.8 Å². The lowest BCUT2D eigenvalue weighted by Crippen LogP contribution is -2.56. The summed E-state index contributed by atoms with van der Waals surface area (Å²) in [4.78, 5) is 63.3. The van der Waals surface area contributed by atoms with Crippen molar-refractivity contribution in [1.29, 1.82) is 0 Å². The van der Waals surface area contributed by atoms with Gasteiger partial charge in [-0.05, 0) is 74.8 Å². The molecule has 3 atom stereocenters. The second-order valence-electron chi connectivity index (χ2n) is 16.7. The van der Waals surface area contributed by atoms with Crippen LogP contribution in [0.2, 0.25) is 0 Å². The molecule has 2 aliphatic carbocycles. The minimum atomic E-state index is -1.00. The number of hydrazone groups is 1. The summed E-state index contributed by atoms with van der Waals surface area (Å²) in [5.74, 6) is 3.18. The number of benzene rings is 2. The molecule has 2 saturated carbocycles. The first-order valence-corrected chi connectivity index (χ1v) is 21.6. The lowest BCUT2D eigenvalue weighted by atomic mass is 9.73. The van der Waals surface area contributed by atoms with E-state index in [-0.39, 0.29) is 48.7 Å². The Labute approximate surface area is 362 Å². The standard InChI is InChI=1S/C45H49N9O9/c1-58-32-10-9-26(17-35(32)59-2)38-29-5-3-4-6-30(29)43(55)54(52-38)28-13-15-53(16-14-28)44(56)31(18-27-19-46-22-48-27)51-45(57)63-36-20-47-41-39(36)49-23-50-40(41)37-33(60-21-25-7-8-25)11-12-34-42(37)62-24-61-34/h9-12,17,19-20,22-23,25,28-31,47H,3-8,13-16,18,21,24H2,1-2H3,(H,46,48)(H,51,57)/t29-,30+,31-/m0/s1. The van der Waals surface area contributed by atoms with E-state index >= 15 is 0 Å². The summed E-state index contributed by atoms with van der Waals surface area (Å²) in [7, 11) is 3.21. The molecule has 3 amide bonds. The van der Waals surface area contributed by atoms with Gasteiger partial charge in [0, 0.05) is 49.3 Å². The Morgan fingerprint density at radius 1 is 0.905 bits per heavy atom. The van der Waals surface area contributed by atoms with E-state index in [0.29, 0.717) is 95.2 Å². The highest BCUT2D eigenvalue weighted by Gasteiger charge is 2.44. The number of imidazole rings is 1. The minimum Gasteiger partial charge on any atom is -0.493 e. The molecule has 3 fully saturated rings. The SMILES string of the molecule is COc1ccc(C2=NN(C3CCN(C(=O)[C@H](Cc4c[nH]cn4)NC(=O)Oc4c[nH]c5c(-c6c(OCC7CC7)ccc7c6OCO7)ncnc45)CC3)C(=O)[C@@H]3CCCC[C@H]23)cc1OC. The molecule has 0 unspecified atom stereocenters. The largest absolute Gasteiger partial charge is 0.493 e. The molecule has 3 aromatic heterocycles. The highest BCUT2D eigenvalue weighted by molar-refractivity contribution is 6.07. The van der Waals surface area contributed by atoms with Crippen LogP contribution in [-0.2, 0) is 16.0 Å². The molecule has 3 aliphatic heterocycles. The number of fused-ring (bicyclic) bond motifs is 3. The summed E-state index contributed by atoms with van der Waals surface area (Å²) in [6.45, 7) is 1.37. The monoisotopic (exact) mass is 859 g/mol. The topological polar surface area (TPSA) is 208 Å². The fourth-order valence-electron chi connectivity index (χ4n) is 9.30. The van der Waals surface area contributed by atoms with E-state index in [2.05, 4.69) is 30.2 Å². The Balaban J connectivity index is 0.849. The van der Waals surface area contributed by atoms with Gasteiger partial charge in [0.05, 0.1) is 55.7 Å². The van der Waals surface area contributed by atoms with E-state index in [1.54, 1.807) is 30.3 Å². The van der Waals surface area contributed by atoms with Crippen molar-refractivity contribution >= 4 is 34.7 Å². The zero-order valence-corrected chi connectivity index (χ0v) is 35.1. The second-order valence-corrected chi connectivity index (χ2v) is 16.7. The Hall–Kier alpha value is -6.85. The lowest BCUT2D eigenvalue weighted by Gasteiger charge is -2.43. The highest BCUT2D eigenvalue weighted by atomic mass is 16.7. The molecular weight excluding hydrogens is 811 g/mol. The predicted molar refractivity (Wildman–Crippen MR) is 227 cm³/mol. The van der Waals surface area contributed by atoms with E-state index in [9.17, 15) is 14.4 Å². The smallest absolute Gasteiger partial charge is 0.413 e. The summed E-state index contributed by atoms with van der Waals surface area (Å²) >= 11 is 0. The summed E-state index contributed by atoms with van der Waals surface area (Å²) < 4.78 is 34.7. The van der Waals surface area contributed by atoms with E-state index in [4.69, 9.17) is 33.5 Å². The second kappa shape index (κ2) is 17.1. The highest BCUT2D eigenvalue weighted by Crippen LogP contribution is 2.49. The number of piperidine rings is 1. The average molecular weight is 860 g/mol. The van der Waals surface area contributed by atoms with Crippen LogP contribution in [0, 0.1) is 17.8 Å². The van der Waals surface area contributed by atoms with Crippen LogP contribution in [0.25, 0.3) is 22.3 Å². The third-order valence-corrected chi connectivity index (χ3v) is 12.8. The first kappa shape index (κ1) is 40.2. The van der Waals surface area contributed by atoms with Crippen molar-refractivity contribution < 1.29 is 42.8 Å². The van der Waals surface area contributed by atoms with Gasteiger partial charge < -0.3 is 48.6 Å². The van der Waals surface area contributed by atoms with Crippen molar-refractivity contribution in [1.82, 2.24) is 40.1 Å². The number of ether oxygens (including phenoxy) is 6. The molecule has 0 radical (unpaired) electrons. The van der Waals surface area contributed by atoms with Crippen LogP contribution in [-0.4, -0.2) is 111 Å². The number of hydrogen-bond acceptors (Lipinski definition) is 13. The first-order chi connectivity index (χ1) is 30.9. The van der Waals surface area contributed by atoms with Crippen LogP contribution in [0.1, 0.15) is 62.6 Å². The fourth-order valence-corrected chi connectivity index (χ4v) is 9.30. The molecule has 5 aliphatic rings. The van der Waals surface area contributed by atoms with Crippen molar-refractivity contribution in [3.05, 3.63) is 66.6 Å². The van der Waals surface area contributed by atoms with E-state index in [1.165, 1.54) is 18.9 Å². The van der Waals surface area contributed by atoms with Crippen LogP contribution >= 0.6 is 0 Å². The molecular formula is C45H49N9O9. The number of H-pyrrole nitrogens is 2. The Bertz CT molecular complexity index is 2550. The molecule has 18 nitrogen and oxygen atoms in total. The zero-order chi connectivity index (χ0) is 43.0. The molecule has 3 N–H and O–H groups in total. The number of carbonyl (C=O) groups excluding carboxylic acids is 3. The molecule has 0 bridgehead atoms. The van der Waals surface area contributed by atoms with Gasteiger partial charge in [-0.25, -0.2) is 24.8 Å². The van der Waals surface area contributed by atoms with Crippen molar-refractivity contribution in [2.24, 2.45) is 22.9 Å². The van der Waals surface area contributed by atoms with Crippen molar-refractivity contribution in [3.8, 4) is 45.8 Å². The normalized spacial score (nSPS) is 20.2. The third-order valence-electron chi connectivity index (χ3n) is 12.8.